The summed E-state index contributed by atoms with van der Waals surface area (Å²) in [4.78, 5) is 21.4. The van der Waals surface area contributed by atoms with Gasteiger partial charge in [-0.05, 0) is 25.1 Å². The van der Waals surface area contributed by atoms with E-state index < -0.39 is 0 Å². The van der Waals surface area contributed by atoms with Gasteiger partial charge in [-0.3, -0.25) is 9.69 Å². The highest BCUT2D eigenvalue weighted by Crippen LogP contribution is 2.25. The molecular formula is C21H30N4O3. The Balaban J connectivity index is 1.54. The van der Waals surface area contributed by atoms with E-state index in [1.54, 1.807) is 20.4 Å². The number of rotatable bonds is 7. The van der Waals surface area contributed by atoms with E-state index in [-0.39, 0.29) is 11.8 Å². The summed E-state index contributed by atoms with van der Waals surface area (Å²) >= 11 is 0. The van der Waals surface area contributed by atoms with Gasteiger partial charge in [0.2, 0.25) is 5.91 Å². The molecule has 1 aliphatic heterocycles. The van der Waals surface area contributed by atoms with E-state index >= 15 is 0 Å². The number of hydrogen-bond acceptors (Lipinski definition) is 5. The number of ether oxygens (including phenoxy) is 2. The fourth-order valence-electron chi connectivity index (χ4n) is 3.65. The Labute approximate surface area is 166 Å². The van der Waals surface area contributed by atoms with Gasteiger partial charge in [-0.15, -0.1) is 0 Å². The highest BCUT2D eigenvalue weighted by atomic mass is 16.5. The lowest BCUT2D eigenvalue weighted by Gasteiger charge is -2.36. The van der Waals surface area contributed by atoms with E-state index in [0.29, 0.717) is 6.54 Å². The second kappa shape index (κ2) is 9.10. The van der Waals surface area contributed by atoms with E-state index in [0.717, 1.165) is 55.6 Å². The van der Waals surface area contributed by atoms with Crippen molar-refractivity contribution in [3.8, 4) is 11.5 Å². The lowest BCUT2D eigenvalue weighted by molar-refractivity contribution is -0.137. The molecule has 7 nitrogen and oxygen atoms in total. The van der Waals surface area contributed by atoms with E-state index in [1.165, 1.54) is 0 Å². The smallest absolute Gasteiger partial charge is 0.227 e. The molecule has 1 atom stereocenters. The number of aryl methyl sites for hydroxylation is 1. The zero-order valence-electron chi connectivity index (χ0n) is 17.2. The average Bonchev–Trinajstić information content (AvgIpc) is 3.12. The van der Waals surface area contributed by atoms with Crippen LogP contribution >= 0.6 is 0 Å². The third-order valence-electron chi connectivity index (χ3n) is 5.38. The topological polar surface area (TPSA) is 59.8 Å². The summed E-state index contributed by atoms with van der Waals surface area (Å²) in [6.07, 6.45) is 3.71. The molecule has 1 fully saturated rings. The van der Waals surface area contributed by atoms with Gasteiger partial charge in [-0.25, -0.2) is 4.98 Å². The second-order valence-electron chi connectivity index (χ2n) is 7.31. The molecule has 152 valence electrons. The third-order valence-corrected chi connectivity index (χ3v) is 5.38. The number of nitrogens with zero attached hydrogens (tertiary/aromatic N) is 4. The molecule has 1 aromatic heterocycles. The van der Waals surface area contributed by atoms with Gasteiger partial charge < -0.3 is 18.9 Å². The van der Waals surface area contributed by atoms with Crippen molar-refractivity contribution in [1.82, 2.24) is 19.4 Å². The van der Waals surface area contributed by atoms with Crippen molar-refractivity contribution in [2.75, 3.05) is 40.4 Å². The molecular weight excluding hydrogens is 356 g/mol. The minimum atomic E-state index is -0.0575. The van der Waals surface area contributed by atoms with E-state index in [4.69, 9.17) is 9.47 Å². The standard InChI is InChI=1S/C21H30N4O3/c1-16(14-25-8-7-22-17(25)2)21(26)24-11-9-23(10-12-24)15-18-13-19(27-3)5-6-20(18)28-4/h5-8,13,16H,9-12,14-15H2,1-4H3. The number of imidazole rings is 1. The van der Waals surface area contributed by atoms with Gasteiger partial charge in [0, 0.05) is 57.2 Å². The van der Waals surface area contributed by atoms with Gasteiger partial charge in [0.25, 0.3) is 0 Å². The molecule has 1 aromatic carbocycles. The quantitative estimate of drug-likeness (QED) is 0.730. The first-order valence-corrected chi connectivity index (χ1v) is 9.71. The van der Waals surface area contributed by atoms with Crippen LogP contribution in [0, 0.1) is 12.8 Å². The summed E-state index contributed by atoms with van der Waals surface area (Å²) in [5.74, 6) is 2.79. The Morgan fingerprint density at radius 1 is 1.18 bits per heavy atom. The summed E-state index contributed by atoms with van der Waals surface area (Å²) in [6, 6.07) is 5.86. The number of hydrogen-bond donors (Lipinski definition) is 0. The van der Waals surface area contributed by atoms with Gasteiger partial charge in [-0.1, -0.05) is 6.92 Å². The van der Waals surface area contributed by atoms with Crippen LogP contribution in [0.1, 0.15) is 18.3 Å². The summed E-state index contributed by atoms with van der Waals surface area (Å²) in [6.45, 7) is 8.61. The number of benzene rings is 1. The van der Waals surface area contributed by atoms with Crippen LogP contribution < -0.4 is 9.47 Å². The molecule has 7 heteroatoms. The summed E-state index contributed by atoms with van der Waals surface area (Å²) in [5.41, 5.74) is 1.10. The second-order valence-corrected chi connectivity index (χ2v) is 7.31. The maximum absolute atomic E-state index is 12.8. The molecule has 3 rings (SSSR count). The third kappa shape index (κ3) is 4.65. The summed E-state index contributed by atoms with van der Waals surface area (Å²) in [5, 5.41) is 0. The largest absolute Gasteiger partial charge is 0.497 e. The minimum absolute atomic E-state index is 0.0575. The molecule has 1 saturated heterocycles. The SMILES string of the molecule is COc1ccc(OC)c(CN2CCN(C(=O)C(C)Cn3ccnc3C)CC2)c1. The van der Waals surface area contributed by atoms with Crippen molar-refractivity contribution >= 4 is 5.91 Å². The number of carbonyl (C=O) groups excluding carboxylic acids is 1. The van der Waals surface area contributed by atoms with Crippen molar-refractivity contribution in [3.63, 3.8) is 0 Å². The molecule has 0 spiro atoms. The van der Waals surface area contributed by atoms with Crippen LogP contribution in [0.3, 0.4) is 0 Å². The number of aromatic nitrogens is 2. The highest BCUT2D eigenvalue weighted by Gasteiger charge is 2.25. The molecule has 1 amide bonds. The Morgan fingerprint density at radius 2 is 1.93 bits per heavy atom. The molecule has 1 aliphatic rings. The van der Waals surface area contributed by atoms with Crippen molar-refractivity contribution in [3.05, 3.63) is 42.0 Å². The summed E-state index contributed by atoms with van der Waals surface area (Å²) in [7, 11) is 3.35. The number of methoxy groups -OCH3 is 2. The normalized spacial score (nSPS) is 16.1. The van der Waals surface area contributed by atoms with Crippen molar-refractivity contribution in [2.24, 2.45) is 5.92 Å². The number of carbonyl (C=O) groups is 1. The number of piperazine rings is 1. The monoisotopic (exact) mass is 386 g/mol. The van der Waals surface area contributed by atoms with Crippen molar-refractivity contribution in [1.29, 1.82) is 0 Å². The molecule has 0 radical (unpaired) electrons. The predicted molar refractivity (Wildman–Crippen MR) is 108 cm³/mol. The van der Waals surface area contributed by atoms with E-state index in [1.807, 2.05) is 47.7 Å². The van der Waals surface area contributed by atoms with E-state index in [9.17, 15) is 4.79 Å². The number of amides is 1. The Bertz CT molecular complexity index is 797. The summed E-state index contributed by atoms with van der Waals surface area (Å²) < 4.78 is 12.9. The van der Waals surface area contributed by atoms with Crippen LogP contribution in [0.5, 0.6) is 11.5 Å². The van der Waals surface area contributed by atoms with Crippen molar-refractivity contribution in [2.45, 2.75) is 26.9 Å². The van der Waals surface area contributed by atoms with Crippen LogP contribution in [0.25, 0.3) is 0 Å². The fourth-order valence-corrected chi connectivity index (χ4v) is 3.65. The lowest BCUT2D eigenvalue weighted by atomic mass is 10.1. The molecule has 1 unspecified atom stereocenters. The maximum atomic E-state index is 12.8. The van der Waals surface area contributed by atoms with Crippen LogP contribution in [-0.2, 0) is 17.9 Å². The fraction of sp³-hybridized carbons (Fsp3) is 0.524. The molecule has 2 heterocycles. The zero-order valence-corrected chi connectivity index (χ0v) is 17.2. The van der Waals surface area contributed by atoms with Gasteiger partial charge in [-0.2, -0.15) is 0 Å². The van der Waals surface area contributed by atoms with Crippen LogP contribution in [0.4, 0.5) is 0 Å². The Hall–Kier alpha value is -2.54. The zero-order chi connectivity index (χ0) is 20.1. The molecule has 0 N–H and O–H groups in total. The minimum Gasteiger partial charge on any atom is -0.497 e. The van der Waals surface area contributed by atoms with Crippen LogP contribution in [0.15, 0.2) is 30.6 Å². The highest BCUT2D eigenvalue weighted by molar-refractivity contribution is 5.78. The first-order valence-electron chi connectivity index (χ1n) is 9.71. The first-order chi connectivity index (χ1) is 13.5. The Morgan fingerprint density at radius 3 is 2.54 bits per heavy atom. The molecule has 2 aromatic rings. The first kappa shape index (κ1) is 20.2. The molecule has 0 bridgehead atoms. The van der Waals surface area contributed by atoms with Crippen LogP contribution in [0.2, 0.25) is 0 Å². The van der Waals surface area contributed by atoms with Gasteiger partial charge in [0.15, 0.2) is 0 Å². The van der Waals surface area contributed by atoms with Crippen LogP contribution in [-0.4, -0.2) is 65.7 Å². The van der Waals surface area contributed by atoms with E-state index in [2.05, 4.69) is 9.88 Å². The van der Waals surface area contributed by atoms with Crippen molar-refractivity contribution < 1.29 is 14.3 Å². The predicted octanol–water partition coefficient (Wildman–Crippen LogP) is 2.19. The molecule has 0 saturated carbocycles. The van der Waals surface area contributed by atoms with Gasteiger partial charge in [0.1, 0.15) is 17.3 Å². The van der Waals surface area contributed by atoms with Gasteiger partial charge >= 0.3 is 0 Å². The van der Waals surface area contributed by atoms with Gasteiger partial charge in [0.05, 0.1) is 20.1 Å². The molecule has 0 aliphatic carbocycles. The molecule has 28 heavy (non-hydrogen) atoms. The lowest BCUT2D eigenvalue weighted by Crippen LogP contribution is -2.50. The maximum Gasteiger partial charge on any atom is 0.227 e. The average molecular weight is 386 g/mol. The Kier molecular flexibility index (Phi) is 6.57.